The quantitative estimate of drug-likeness (QED) is 0.101. The van der Waals surface area contributed by atoms with Gasteiger partial charge in [-0.3, -0.25) is 18.6 Å². The highest BCUT2D eigenvalue weighted by atomic mass is 31.2. The van der Waals surface area contributed by atoms with Crippen molar-refractivity contribution in [3.8, 4) is 0 Å². The van der Waals surface area contributed by atoms with Crippen molar-refractivity contribution >= 4 is 25.7 Å². The summed E-state index contributed by atoms with van der Waals surface area (Å²) in [5, 5.41) is 7.75. The van der Waals surface area contributed by atoms with E-state index in [0.717, 1.165) is 0 Å². The zero-order chi connectivity index (χ0) is 27.7. The van der Waals surface area contributed by atoms with Crippen LogP contribution in [0, 0.1) is 0 Å². The minimum absolute atomic E-state index is 0.0188. The van der Waals surface area contributed by atoms with E-state index in [4.69, 9.17) is 23.3 Å². The first-order chi connectivity index (χ1) is 16.7. The third kappa shape index (κ3) is 18.5. The summed E-state index contributed by atoms with van der Waals surface area (Å²) >= 11 is 0. The minimum Gasteiger partial charge on any atom is -0.466 e. The van der Waals surface area contributed by atoms with Crippen molar-refractivity contribution in [2.45, 2.75) is 71.5 Å². The highest BCUT2D eigenvalue weighted by molar-refractivity contribution is 7.47. The van der Waals surface area contributed by atoms with Gasteiger partial charge in [-0.1, -0.05) is 6.92 Å². The number of rotatable bonds is 20. The molecule has 4 N–H and O–H groups in total. The van der Waals surface area contributed by atoms with E-state index in [2.05, 4.69) is 16.0 Å². The van der Waals surface area contributed by atoms with Crippen LogP contribution in [0.3, 0.4) is 0 Å². The Morgan fingerprint density at radius 3 is 2.17 bits per heavy atom. The van der Waals surface area contributed by atoms with E-state index in [1.807, 2.05) is 27.7 Å². The van der Waals surface area contributed by atoms with Crippen LogP contribution in [0.1, 0.15) is 60.3 Å². The first-order valence-electron chi connectivity index (χ1n) is 12.0. The Kier molecular flexibility index (Phi) is 16.8. The number of ether oxygens (including phenoxy) is 3. The fourth-order valence-corrected chi connectivity index (χ4v) is 3.48. The molecule has 0 bridgehead atoms. The van der Waals surface area contributed by atoms with E-state index >= 15 is 0 Å². The maximum atomic E-state index is 12.3. The van der Waals surface area contributed by atoms with Crippen LogP contribution in [0.2, 0.25) is 0 Å². The molecule has 0 aliphatic rings. The van der Waals surface area contributed by atoms with E-state index < -0.39 is 25.0 Å². The van der Waals surface area contributed by atoms with Crippen molar-refractivity contribution in [1.82, 2.24) is 16.0 Å². The highest BCUT2D eigenvalue weighted by Crippen LogP contribution is 2.42. The first kappa shape index (κ1) is 34.2. The molecule has 36 heavy (non-hydrogen) atoms. The summed E-state index contributed by atoms with van der Waals surface area (Å²) in [5.41, 5.74) is -1.17. The third-order valence-corrected chi connectivity index (χ3v) is 6.09. The Balaban J connectivity index is 4.21. The van der Waals surface area contributed by atoms with Gasteiger partial charge in [0.05, 0.1) is 50.7 Å². The van der Waals surface area contributed by atoms with E-state index in [1.165, 1.54) is 6.92 Å². The summed E-state index contributed by atoms with van der Waals surface area (Å²) in [6, 6.07) is -0.269. The summed E-state index contributed by atoms with van der Waals surface area (Å²) < 4.78 is 37.9. The van der Waals surface area contributed by atoms with Gasteiger partial charge in [0.25, 0.3) is 0 Å². The number of urea groups is 1. The molecular weight excluding hydrogens is 497 g/mol. The molecule has 0 aromatic rings. The zero-order valence-corrected chi connectivity index (χ0v) is 23.2. The maximum Gasteiger partial charge on any atom is 0.472 e. The summed E-state index contributed by atoms with van der Waals surface area (Å²) in [6.07, 6.45) is 1.54. The van der Waals surface area contributed by atoms with Gasteiger partial charge in [-0.15, -0.1) is 0 Å². The van der Waals surface area contributed by atoms with Crippen molar-refractivity contribution in [2.24, 2.45) is 0 Å². The van der Waals surface area contributed by atoms with Gasteiger partial charge >= 0.3 is 19.8 Å². The summed E-state index contributed by atoms with van der Waals surface area (Å²) in [4.78, 5) is 43.8. The van der Waals surface area contributed by atoms with Gasteiger partial charge in [-0.25, -0.2) is 9.36 Å². The van der Waals surface area contributed by atoms with Crippen LogP contribution >= 0.6 is 7.82 Å². The Labute approximate surface area is 213 Å². The maximum absolute atomic E-state index is 12.3. The lowest BCUT2D eigenvalue weighted by atomic mass is 9.97. The van der Waals surface area contributed by atoms with Crippen molar-refractivity contribution in [3.05, 3.63) is 0 Å². The number of hydrogen-bond donors (Lipinski definition) is 4. The highest BCUT2D eigenvalue weighted by Gasteiger charge is 2.28. The van der Waals surface area contributed by atoms with Gasteiger partial charge in [-0.05, 0) is 33.6 Å². The van der Waals surface area contributed by atoms with Gasteiger partial charge in [0, 0.05) is 33.5 Å². The van der Waals surface area contributed by atoms with Crippen molar-refractivity contribution in [1.29, 1.82) is 0 Å². The van der Waals surface area contributed by atoms with Gasteiger partial charge in [0.2, 0.25) is 5.91 Å². The molecule has 13 nitrogen and oxygen atoms in total. The van der Waals surface area contributed by atoms with Crippen LogP contribution in [0.15, 0.2) is 0 Å². The molecular formula is C22H44N3O10P. The summed E-state index contributed by atoms with van der Waals surface area (Å²) in [6.45, 7) is 9.76. The Morgan fingerprint density at radius 1 is 0.917 bits per heavy atom. The van der Waals surface area contributed by atoms with Crippen LogP contribution in [-0.2, 0) is 37.4 Å². The van der Waals surface area contributed by atoms with Crippen LogP contribution in [0.4, 0.5) is 4.79 Å². The molecule has 0 aromatic heterocycles. The molecule has 3 amide bonds. The molecule has 0 saturated heterocycles. The van der Waals surface area contributed by atoms with E-state index in [1.54, 1.807) is 7.05 Å². The van der Waals surface area contributed by atoms with Crippen molar-refractivity contribution in [3.63, 3.8) is 0 Å². The summed E-state index contributed by atoms with van der Waals surface area (Å²) in [5.74, 6) is -0.728. The second kappa shape index (κ2) is 17.7. The van der Waals surface area contributed by atoms with Crippen LogP contribution in [-0.4, -0.2) is 87.2 Å². The SMILES string of the molecule is CCC(C)(CC(=O)NCCOP(=O)(O)OCCCOC(C)=O)OCCC(C)(C)OCCNC(=O)NC. The summed E-state index contributed by atoms with van der Waals surface area (Å²) in [7, 11) is -2.72. The first-order valence-corrected chi connectivity index (χ1v) is 13.5. The molecule has 0 aliphatic carbocycles. The fourth-order valence-electron chi connectivity index (χ4n) is 2.72. The Bertz CT molecular complexity index is 722. The number of hydrogen-bond acceptors (Lipinski definition) is 9. The van der Waals surface area contributed by atoms with Gasteiger partial charge in [0.1, 0.15) is 0 Å². The molecule has 0 aromatic carbocycles. The van der Waals surface area contributed by atoms with Crippen LogP contribution in [0.25, 0.3) is 0 Å². The monoisotopic (exact) mass is 541 g/mol. The molecule has 14 heteroatoms. The lowest BCUT2D eigenvalue weighted by molar-refractivity contribution is -0.141. The lowest BCUT2D eigenvalue weighted by Gasteiger charge is -2.31. The predicted molar refractivity (Wildman–Crippen MR) is 132 cm³/mol. The van der Waals surface area contributed by atoms with E-state index in [0.29, 0.717) is 32.6 Å². The number of phosphoric acid groups is 1. The predicted octanol–water partition coefficient (Wildman–Crippen LogP) is 1.88. The molecule has 2 unspecified atom stereocenters. The minimum atomic E-state index is -4.26. The van der Waals surface area contributed by atoms with E-state index in [-0.39, 0.29) is 51.1 Å². The number of nitrogens with one attached hydrogen (secondary N) is 3. The topological polar surface area (TPSA) is 171 Å². The largest absolute Gasteiger partial charge is 0.472 e. The van der Waals surface area contributed by atoms with Crippen LogP contribution < -0.4 is 16.0 Å². The zero-order valence-electron chi connectivity index (χ0n) is 22.3. The molecule has 212 valence electrons. The lowest BCUT2D eigenvalue weighted by Crippen LogP contribution is -2.39. The number of esters is 1. The van der Waals surface area contributed by atoms with Gasteiger partial charge in [-0.2, -0.15) is 0 Å². The third-order valence-electron chi connectivity index (χ3n) is 5.07. The fraction of sp³-hybridized carbons (Fsp3) is 0.864. The number of carbonyl (C=O) groups is 3. The standard InChI is InChI=1S/C22H44N3O10P/c1-7-22(5,33-14-9-21(3,4)32-15-10-25-20(28)23-6)17-19(27)24-11-16-35-36(29,30)34-13-8-12-31-18(2)26/h7-17H2,1-6H3,(H,24,27)(H,29,30)(H2,23,25,28). The molecule has 0 saturated carbocycles. The molecule has 0 aliphatic heterocycles. The number of amides is 3. The molecule has 0 spiro atoms. The molecule has 2 atom stereocenters. The normalized spacial score (nSPS) is 14.9. The number of phosphoric ester groups is 1. The molecule has 0 radical (unpaired) electrons. The Hall–Kier alpha value is -1.76. The van der Waals surface area contributed by atoms with Crippen LogP contribution in [0.5, 0.6) is 0 Å². The smallest absolute Gasteiger partial charge is 0.466 e. The molecule has 0 heterocycles. The van der Waals surface area contributed by atoms with Gasteiger partial charge in [0.15, 0.2) is 0 Å². The number of carbonyl (C=O) groups excluding carboxylic acids is 3. The second-order valence-electron chi connectivity index (χ2n) is 8.87. The van der Waals surface area contributed by atoms with Gasteiger partial charge < -0.3 is 35.1 Å². The molecule has 0 rings (SSSR count). The van der Waals surface area contributed by atoms with Crippen molar-refractivity contribution < 1.29 is 47.1 Å². The van der Waals surface area contributed by atoms with Crippen molar-refractivity contribution in [2.75, 3.05) is 53.2 Å². The average molecular weight is 542 g/mol. The molecule has 0 fully saturated rings. The Morgan fingerprint density at radius 2 is 1.56 bits per heavy atom. The van der Waals surface area contributed by atoms with E-state index in [9.17, 15) is 23.8 Å². The average Bonchev–Trinajstić information content (AvgIpc) is 2.78. The second-order valence-corrected chi connectivity index (χ2v) is 10.3.